The van der Waals surface area contributed by atoms with Gasteiger partial charge in [0.2, 0.25) is 0 Å². The Labute approximate surface area is 127 Å². The number of fused-ring (bicyclic) bond motifs is 1. The molecule has 5 nitrogen and oxygen atoms in total. The number of amides is 1. The van der Waals surface area contributed by atoms with Crippen LogP contribution in [0.5, 0.6) is 0 Å². The van der Waals surface area contributed by atoms with Crippen LogP contribution in [0.4, 0.5) is 4.39 Å². The predicted molar refractivity (Wildman–Crippen MR) is 79.1 cm³/mol. The smallest absolute Gasteiger partial charge is 0.296 e. The minimum atomic E-state index is -0.333. The summed E-state index contributed by atoms with van der Waals surface area (Å²) in [5.41, 5.74) is 0.418. The lowest BCUT2D eigenvalue weighted by molar-refractivity contribution is -0.116. The topological polar surface area (TPSA) is 59.8 Å². The summed E-state index contributed by atoms with van der Waals surface area (Å²) >= 11 is 0. The summed E-state index contributed by atoms with van der Waals surface area (Å²) in [5, 5.41) is 11.1. The van der Waals surface area contributed by atoms with Gasteiger partial charge in [-0.05, 0) is 31.4 Å². The second-order valence-electron chi connectivity index (χ2n) is 5.11. The van der Waals surface area contributed by atoms with Crippen molar-refractivity contribution in [2.75, 3.05) is 0 Å². The van der Waals surface area contributed by atoms with Gasteiger partial charge in [-0.25, -0.2) is 4.39 Å². The average molecular weight is 298 g/mol. The summed E-state index contributed by atoms with van der Waals surface area (Å²) in [6, 6.07) is 6.42. The SMILES string of the molecule is CC#CC(=O)NC1CCc2nnc(-c3ccccc3F)n2C1. The first-order valence-corrected chi connectivity index (χ1v) is 7.09. The maximum Gasteiger partial charge on any atom is 0.296 e. The van der Waals surface area contributed by atoms with Gasteiger partial charge < -0.3 is 9.88 Å². The maximum atomic E-state index is 14.0. The normalized spacial score (nSPS) is 16.4. The van der Waals surface area contributed by atoms with E-state index in [0.717, 1.165) is 12.2 Å². The Hall–Kier alpha value is -2.68. The van der Waals surface area contributed by atoms with Crippen molar-refractivity contribution in [1.29, 1.82) is 0 Å². The van der Waals surface area contributed by atoms with E-state index >= 15 is 0 Å². The van der Waals surface area contributed by atoms with Gasteiger partial charge in [-0.2, -0.15) is 0 Å². The maximum absolute atomic E-state index is 14.0. The third kappa shape index (κ3) is 2.70. The van der Waals surface area contributed by atoms with Crippen LogP contribution in [-0.2, 0) is 17.8 Å². The molecule has 0 aliphatic carbocycles. The summed E-state index contributed by atoms with van der Waals surface area (Å²) in [5.74, 6) is 5.72. The number of rotatable bonds is 2. The van der Waals surface area contributed by atoms with Crippen molar-refractivity contribution in [2.24, 2.45) is 0 Å². The summed E-state index contributed by atoms with van der Waals surface area (Å²) in [4.78, 5) is 11.6. The standard InChI is InChI=1S/C16H15FN4O/c1-2-5-15(22)18-11-8-9-14-19-20-16(21(14)10-11)12-6-3-4-7-13(12)17/h3-4,6-7,11H,8-10H2,1H3,(H,18,22). The first-order chi connectivity index (χ1) is 10.7. The molecule has 0 bridgehead atoms. The van der Waals surface area contributed by atoms with Crippen molar-refractivity contribution in [1.82, 2.24) is 20.1 Å². The van der Waals surface area contributed by atoms with Crippen molar-refractivity contribution >= 4 is 5.91 Å². The van der Waals surface area contributed by atoms with Crippen molar-refractivity contribution in [3.8, 4) is 23.2 Å². The van der Waals surface area contributed by atoms with E-state index in [1.165, 1.54) is 6.07 Å². The van der Waals surface area contributed by atoms with Crippen LogP contribution in [0.2, 0.25) is 0 Å². The summed E-state index contributed by atoms with van der Waals surface area (Å²) < 4.78 is 15.8. The Morgan fingerprint density at radius 3 is 3.00 bits per heavy atom. The van der Waals surface area contributed by atoms with E-state index in [0.29, 0.717) is 24.4 Å². The number of nitrogens with one attached hydrogen (secondary N) is 1. The fraction of sp³-hybridized carbons (Fsp3) is 0.312. The lowest BCUT2D eigenvalue weighted by Crippen LogP contribution is -2.40. The molecule has 112 valence electrons. The van der Waals surface area contributed by atoms with E-state index in [4.69, 9.17) is 0 Å². The molecule has 6 heteroatoms. The molecule has 1 N–H and O–H groups in total. The van der Waals surface area contributed by atoms with Gasteiger partial charge in [0.15, 0.2) is 5.82 Å². The van der Waals surface area contributed by atoms with Crippen molar-refractivity contribution < 1.29 is 9.18 Å². The zero-order chi connectivity index (χ0) is 15.5. The van der Waals surface area contributed by atoms with Gasteiger partial charge in [-0.15, -0.1) is 10.2 Å². The first-order valence-electron chi connectivity index (χ1n) is 7.09. The van der Waals surface area contributed by atoms with Crippen LogP contribution in [0.1, 0.15) is 19.2 Å². The Bertz CT molecular complexity index is 772. The van der Waals surface area contributed by atoms with Crippen LogP contribution in [0, 0.1) is 17.7 Å². The van der Waals surface area contributed by atoms with Gasteiger partial charge in [0.1, 0.15) is 11.6 Å². The molecule has 0 spiro atoms. The third-order valence-corrected chi connectivity index (χ3v) is 3.64. The van der Waals surface area contributed by atoms with Gasteiger partial charge in [0, 0.05) is 19.0 Å². The Morgan fingerprint density at radius 2 is 2.23 bits per heavy atom. The number of aromatic nitrogens is 3. The Balaban J connectivity index is 1.87. The second-order valence-corrected chi connectivity index (χ2v) is 5.11. The van der Waals surface area contributed by atoms with Gasteiger partial charge in [-0.1, -0.05) is 18.1 Å². The molecular formula is C16H15FN4O. The van der Waals surface area contributed by atoms with Gasteiger partial charge >= 0.3 is 0 Å². The molecule has 1 aliphatic heterocycles. The van der Waals surface area contributed by atoms with E-state index in [-0.39, 0.29) is 17.8 Å². The van der Waals surface area contributed by atoms with Crippen LogP contribution in [0.15, 0.2) is 24.3 Å². The van der Waals surface area contributed by atoms with Crippen LogP contribution in [0.3, 0.4) is 0 Å². The summed E-state index contributed by atoms with van der Waals surface area (Å²) in [6.07, 6.45) is 1.46. The van der Waals surface area contributed by atoms with Gasteiger partial charge in [0.05, 0.1) is 5.56 Å². The molecule has 2 aromatic rings. The summed E-state index contributed by atoms with van der Waals surface area (Å²) in [7, 11) is 0. The third-order valence-electron chi connectivity index (χ3n) is 3.64. The van der Waals surface area contributed by atoms with E-state index in [9.17, 15) is 9.18 Å². The van der Waals surface area contributed by atoms with Gasteiger partial charge in [0.25, 0.3) is 5.91 Å². The highest BCUT2D eigenvalue weighted by molar-refractivity contribution is 5.93. The largest absolute Gasteiger partial charge is 0.341 e. The minimum absolute atomic E-state index is 0.0534. The molecule has 0 saturated heterocycles. The lowest BCUT2D eigenvalue weighted by atomic mass is 10.1. The molecule has 3 rings (SSSR count). The lowest BCUT2D eigenvalue weighted by Gasteiger charge is -2.24. The summed E-state index contributed by atoms with van der Waals surface area (Å²) in [6.45, 7) is 2.14. The molecule has 1 aromatic heterocycles. The molecule has 2 heterocycles. The zero-order valence-electron chi connectivity index (χ0n) is 12.1. The number of carbonyl (C=O) groups is 1. The number of carbonyl (C=O) groups excluding carboxylic acids is 1. The number of benzene rings is 1. The molecule has 0 fully saturated rings. The second kappa shape index (κ2) is 5.98. The zero-order valence-corrected chi connectivity index (χ0v) is 12.1. The number of nitrogens with zero attached hydrogens (tertiary/aromatic N) is 3. The van der Waals surface area contributed by atoms with E-state index in [1.54, 1.807) is 25.1 Å². The Morgan fingerprint density at radius 1 is 1.41 bits per heavy atom. The quantitative estimate of drug-likeness (QED) is 0.856. The van der Waals surface area contributed by atoms with Crippen LogP contribution in [0.25, 0.3) is 11.4 Å². The number of halogens is 1. The number of hydrogen-bond acceptors (Lipinski definition) is 3. The van der Waals surface area contributed by atoms with Crippen molar-refractivity contribution in [3.63, 3.8) is 0 Å². The average Bonchev–Trinajstić information content (AvgIpc) is 2.91. The van der Waals surface area contributed by atoms with E-state index < -0.39 is 0 Å². The van der Waals surface area contributed by atoms with Crippen molar-refractivity contribution in [3.05, 3.63) is 35.9 Å². The molecule has 1 unspecified atom stereocenters. The van der Waals surface area contributed by atoms with E-state index in [2.05, 4.69) is 27.4 Å². The highest BCUT2D eigenvalue weighted by atomic mass is 19.1. The molecular weight excluding hydrogens is 283 g/mol. The molecule has 0 radical (unpaired) electrons. The monoisotopic (exact) mass is 298 g/mol. The van der Waals surface area contributed by atoms with Crippen molar-refractivity contribution in [2.45, 2.75) is 32.4 Å². The highest BCUT2D eigenvalue weighted by Crippen LogP contribution is 2.25. The first kappa shape index (κ1) is 14.3. The number of hydrogen-bond donors (Lipinski definition) is 1. The molecule has 1 aromatic carbocycles. The Kier molecular flexibility index (Phi) is 3.88. The van der Waals surface area contributed by atoms with Crippen LogP contribution >= 0.6 is 0 Å². The molecule has 0 saturated carbocycles. The minimum Gasteiger partial charge on any atom is -0.341 e. The van der Waals surface area contributed by atoms with Crippen LogP contribution in [-0.4, -0.2) is 26.7 Å². The predicted octanol–water partition coefficient (Wildman–Crippen LogP) is 1.54. The molecule has 1 atom stereocenters. The molecule has 1 aliphatic rings. The number of aryl methyl sites for hydroxylation is 1. The fourth-order valence-corrected chi connectivity index (χ4v) is 2.62. The molecule has 22 heavy (non-hydrogen) atoms. The van der Waals surface area contributed by atoms with Crippen LogP contribution < -0.4 is 5.32 Å². The molecule has 1 amide bonds. The van der Waals surface area contributed by atoms with Gasteiger partial charge in [-0.3, -0.25) is 4.79 Å². The fourth-order valence-electron chi connectivity index (χ4n) is 2.62. The van der Waals surface area contributed by atoms with E-state index in [1.807, 2.05) is 4.57 Å². The highest BCUT2D eigenvalue weighted by Gasteiger charge is 2.25.